The van der Waals surface area contributed by atoms with E-state index < -0.39 is 18.3 Å². The average Bonchev–Trinajstić information content (AvgIpc) is 2.35. The van der Waals surface area contributed by atoms with E-state index in [9.17, 15) is 18.3 Å². The normalized spacial score (nSPS) is 15.4. The van der Waals surface area contributed by atoms with Crippen molar-refractivity contribution < 1.29 is 23.0 Å². The van der Waals surface area contributed by atoms with Crippen molar-refractivity contribution in [3.8, 4) is 5.75 Å². The molecule has 0 bridgehead atoms. The van der Waals surface area contributed by atoms with Gasteiger partial charge in [-0.05, 0) is 42.9 Å². The summed E-state index contributed by atoms with van der Waals surface area (Å²) >= 11 is 0. The zero-order valence-electron chi connectivity index (χ0n) is 10.1. The van der Waals surface area contributed by atoms with E-state index in [1.807, 2.05) is 0 Å². The second kappa shape index (κ2) is 4.80. The van der Waals surface area contributed by atoms with Crippen LogP contribution in [0.4, 0.5) is 13.2 Å². The Bertz CT molecular complexity index is 453. The first-order valence-corrected chi connectivity index (χ1v) is 5.88. The summed E-state index contributed by atoms with van der Waals surface area (Å²) < 4.78 is 43.8. The molecule has 1 aromatic carbocycles. The summed E-state index contributed by atoms with van der Waals surface area (Å²) in [5, 5.41) is 9.35. The predicted octanol–water partition coefficient (Wildman–Crippen LogP) is 3.09. The molecule has 18 heavy (non-hydrogen) atoms. The van der Waals surface area contributed by atoms with Crippen LogP contribution in [-0.2, 0) is 25.6 Å². The Morgan fingerprint density at radius 1 is 1.28 bits per heavy atom. The van der Waals surface area contributed by atoms with Crippen LogP contribution in [0.3, 0.4) is 0 Å². The van der Waals surface area contributed by atoms with Gasteiger partial charge in [-0.2, -0.15) is 13.2 Å². The van der Waals surface area contributed by atoms with Crippen molar-refractivity contribution in [1.82, 2.24) is 0 Å². The number of aliphatic hydroxyl groups is 1. The van der Waals surface area contributed by atoms with Crippen molar-refractivity contribution in [3.05, 3.63) is 28.3 Å². The Morgan fingerprint density at radius 2 is 1.94 bits per heavy atom. The van der Waals surface area contributed by atoms with Gasteiger partial charge in [0, 0.05) is 5.56 Å². The largest absolute Gasteiger partial charge is 0.496 e. The number of ether oxygens (including phenoxy) is 1. The summed E-state index contributed by atoms with van der Waals surface area (Å²) in [6.45, 7) is -0.421. The summed E-state index contributed by atoms with van der Waals surface area (Å²) in [5.74, 6) is -0.231. The molecule has 0 aromatic heterocycles. The molecule has 1 aliphatic rings. The van der Waals surface area contributed by atoms with E-state index in [1.54, 1.807) is 0 Å². The molecule has 1 N–H and O–H groups in total. The molecule has 0 radical (unpaired) electrons. The minimum atomic E-state index is -4.46. The van der Waals surface area contributed by atoms with Gasteiger partial charge in [0.05, 0.1) is 19.3 Å². The SMILES string of the molecule is COc1c(C(F)(F)F)cc2c(c1CO)CCCC2. The molecule has 0 saturated carbocycles. The van der Waals surface area contributed by atoms with Gasteiger partial charge in [0.15, 0.2) is 0 Å². The van der Waals surface area contributed by atoms with Crippen LogP contribution in [0.25, 0.3) is 0 Å². The highest BCUT2D eigenvalue weighted by Gasteiger charge is 2.37. The molecule has 0 aliphatic heterocycles. The lowest BCUT2D eigenvalue weighted by molar-refractivity contribution is -0.138. The number of fused-ring (bicyclic) bond motifs is 1. The van der Waals surface area contributed by atoms with Crippen molar-refractivity contribution in [3.63, 3.8) is 0 Å². The molecule has 100 valence electrons. The highest BCUT2D eigenvalue weighted by atomic mass is 19.4. The molecule has 0 fully saturated rings. The number of aryl methyl sites for hydroxylation is 1. The van der Waals surface area contributed by atoms with Gasteiger partial charge in [0.2, 0.25) is 0 Å². The van der Waals surface area contributed by atoms with E-state index in [0.29, 0.717) is 24.0 Å². The fraction of sp³-hybridized carbons (Fsp3) is 0.538. The zero-order chi connectivity index (χ0) is 13.3. The van der Waals surface area contributed by atoms with Crippen molar-refractivity contribution in [2.45, 2.75) is 38.5 Å². The van der Waals surface area contributed by atoms with E-state index >= 15 is 0 Å². The van der Waals surface area contributed by atoms with Crippen molar-refractivity contribution in [2.75, 3.05) is 7.11 Å². The summed E-state index contributed by atoms with van der Waals surface area (Å²) in [6, 6.07) is 1.17. The van der Waals surface area contributed by atoms with E-state index in [-0.39, 0.29) is 5.75 Å². The first-order valence-electron chi connectivity index (χ1n) is 5.88. The molecule has 1 aromatic rings. The van der Waals surface area contributed by atoms with Crippen LogP contribution in [0.5, 0.6) is 5.75 Å². The Morgan fingerprint density at radius 3 is 2.50 bits per heavy atom. The summed E-state index contributed by atoms with van der Waals surface area (Å²) in [5.41, 5.74) is 1.03. The van der Waals surface area contributed by atoms with Crippen molar-refractivity contribution in [2.24, 2.45) is 0 Å². The quantitative estimate of drug-likeness (QED) is 0.885. The first kappa shape index (κ1) is 13.2. The van der Waals surface area contributed by atoms with Gasteiger partial charge in [-0.15, -0.1) is 0 Å². The number of aliphatic hydroxyl groups excluding tert-OH is 1. The second-order valence-corrected chi connectivity index (χ2v) is 4.44. The lowest BCUT2D eigenvalue weighted by Crippen LogP contribution is -2.15. The minimum absolute atomic E-state index is 0.231. The molecule has 2 rings (SSSR count). The maximum absolute atomic E-state index is 13.0. The van der Waals surface area contributed by atoms with Gasteiger partial charge >= 0.3 is 6.18 Å². The second-order valence-electron chi connectivity index (χ2n) is 4.44. The van der Waals surface area contributed by atoms with Crippen LogP contribution in [0.15, 0.2) is 6.07 Å². The Balaban J connectivity index is 2.68. The highest BCUT2D eigenvalue weighted by Crippen LogP contribution is 2.42. The van der Waals surface area contributed by atoms with Crippen molar-refractivity contribution in [1.29, 1.82) is 0 Å². The van der Waals surface area contributed by atoms with Crippen molar-refractivity contribution >= 4 is 0 Å². The van der Waals surface area contributed by atoms with Crippen LogP contribution in [0, 0.1) is 0 Å². The number of alkyl halides is 3. The zero-order valence-corrected chi connectivity index (χ0v) is 10.1. The van der Waals surface area contributed by atoms with Crippen LogP contribution in [0.1, 0.15) is 35.1 Å². The third-order valence-electron chi connectivity index (χ3n) is 3.38. The van der Waals surface area contributed by atoms with Crippen LogP contribution >= 0.6 is 0 Å². The fourth-order valence-electron chi connectivity index (χ4n) is 2.58. The summed E-state index contributed by atoms with van der Waals surface area (Å²) in [7, 11) is 1.21. The molecule has 0 amide bonds. The third kappa shape index (κ3) is 2.19. The maximum atomic E-state index is 13.0. The highest BCUT2D eigenvalue weighted by molar-refractivity contribution is 5.52. The van der Waals surface area contributed by atoms with Gasteiger partial charge in [0.1, 0.15) is 5.75 Å². The molecule has 0 saturated heterocycles. The molecular weight excluding hydrogens is 245 g/mol. The molecule has 0 atom stereocenters. The number of hydrogen-bond acceptors (Lipinski definition) is 2. The Labute approximate surface area is 103 Å². The Kier molecular flexibility index (Phi) is 3.52. The number of halogens is 3. The predicted molar refractivity (Wildman–Crippen MR) is 60.6 cm³/mol. The van der Waals surface area contributed by atoms with Gasteiger partial charge < -0.3 is 9.84 Å². The summed E-state index contributed by atoms with van der Waals surface area (Å²) in [4.78, 5) is 0. The van der Waals surface area contributed by atoms with E-state index in [0.717, 1.165) is 18.4 Å². The van der Waals surface area contributed by atoms with Gasteiger partial charge in [0.25, 0.3) is 0 Å². The smallest absolute Gasteiger partial charge is 0.419 e. The standard InChI is InChI=1S/C13H15F3O2/c1-18-12-10(7-17)9-5-3-2-4-8(9)6-11(12)13(14,15)16/h6,17H,2-5,7H2,1H3. The minimum Gasteiger partial charge on any atom is -0.496 e. The van der Waals surface area contributed by atoms with Gasteiger partial charge in [-0.25, -0.2) is 0 Å². The fourth-order valence-corrected chi connectivity index (χ4v) is 2.58. The molecule has 5 heteroatoms. The summed E-state index contributed by atoms with van der Waals surface area (Å²) in [6.07, 6.45) is -1.28. The van der Waals surface area contributed by atoms with E-state index in [2.05, 4.69) is 0 Å². The lowest BCUT2D eigenvalue weighted by Gasteiger charge is -2.24. The first-order chi connectivity index (χ1) is 8.49. The molecule has 2 nitrogen and oxygen atoms in total. The monoisotopic (exact) mass is 260 g/mol. The van der Waals surface area contributed by atoms with Crippen LogP contribution in [0.2, 0.25) is 0 Å². The molecule has 0 heterocycles. The van der Waals surface area contributed by atoms with Crippen LogP contribution < -0.4 is 4.74 Å². The van der Waals surface area contributed by atoms with E-state index in [1.165, 1.54) is 13.2 Å². The molecule has 0 unspecified atom stereocenters. The number of hydrogen-bond donors (Lipinski definition) is 1. The topological polar surface area (TPSA) is 29.5 Å². The van der Waals surface area contributed by atoms with Gasteiger partial charge in [-0.3, -0.25) is 0 Å². The molecule has 1 aliphatic carbocycles. The van der Waals surface area contributed by atoms with E-state index in [4.69, 9.17) is 4.74 Å². The third-order valence-corrected chi connectivity index (χ3v) is 3.38. The number of benzene rings is 1. The Hall–Kier alpha value is -1.23. The maximum Gasteiger partial charge on any atom is 0.419 e. The molecular formula is C13H15F3O2. The van der Waals surface area contributed by atoms with Gasteiger partial charge in [-0.1, -0.05) is 0 Å². The van der Waals surface area contributed by atoms with Crippen LogP contribution in [-0.4, -0.2) is 12.2 Å². The average molecular weight is 260 g/mol. The number of methoxy groups -OCH3 is 1. The number of rotatable bonds is 2. The lowest BCUT2D eigenvalue weighted by atomic mass is 9.86. The molecule has 0 spiro atoms.